The largest absolute Gasteiger partial charge is 0.378 e. The van der Waals surface area contributed by atoms with Gasteiger partial charge in [0.2, 0.25) is 5.91 Å². The summed E-state index contributed by atoms with van der Waals surface area (Å²) in [5.74, 6) is 0.879. The second kappa shape index (κ2) is 7.54. The van der Waals surface area contributed by atoms with Gasteiger partial charge in [-0.25, -0.2) is 0 Å². The molecule has 0 radical (unpaired) electrons. The van der Waals surface area contributed by atoms with Gasteiger partial charge in [0.05, 0.1) is 6.04 Å². The fourth-order valence-corrected chi connectivity index (χ4v) is 4.73. The fourth-order valence-electron chi connectivity index (χ4n) is 4.73. The zero-order valence-corrected chi connectivity index (χ0v) is 17.5. The summed E-state index contributed by atoms with van der Waals surface area (Å²) in [5.41, 5.74) is 5.00. The van der Waals surface area contributed by atoms with Crippen LogP contribution in [0.3, 0.4) is 0 Å². The maximum atomic E-state index is 12.6. The second-order valence-electron chi connectivity index (χ2n) is 8.42. The quantitative estimate of drug-likeness (QED) is 0.817. The Bertz CT molecular complexity index is 934. The van der Waals surface area contributed by atoms with E-state index in [-0.39, 0.29) is 29.8 Å². The monoisotopic (exact) mass is 391 g/mol. The van der Waals surface area contributed by atoms with E-state index in [9.17, 15) is 9.59 Å². The van der Waals surface area contributed by atoms with Crippen molar-refractivity contribution in [2.45, 2.75) is 45.7 Å². The lowest BCUT2D eigenvalue weighted by atomic mass is 9.79. The summed E-state index contributed by atoms with van der Waals surface area (Å²) in [6.07, 6.45) is 2.38. The number of hydrogen-bond acceptors (Lipinski definition) is 3. The van der Waals surface area contributed by atoms with E-state index in [0.29, 0.717) is 11.5 Å². The van der Waals surface area contributed by atoms with Gasteiger partial charge in [0.1, 0.15) is 0 Å². The van der Waals surface area contributed by atoms with Gasteiger partial charge in [-0.2, -0.15) is 0 Å². The molecular weight excluding hydrogens is 362 g/mol. The van der Waals surface area contributed by atoms with Crippen LogP contribution in [-0.2, 0) is 4.79 Å². The third-order valence-electron chi connectivity index (χ3n) is 6.28. The molecule has 1 unspecified atom stereocenters. The predicted molar refractivity (Wildman–Crippen MR) is 116 cm³/mol. The summed E-state index contributed by atoms with van der Waals surface area (Å²) >= 11 is 0. The molecule has 0 aromatic heterocycles. The van der Waals surface area contributed by atoms with Crippen molar-refractivity contribution in [3.8, 4) is 0 Å². The Hall–Kier alpha value is -2.82. The summed E-state index contributed by atoms with van der Waals surface area (Å²) in [5, 5.41) is 6.35. The molecule has 2 aromatic carbocycles. The number of benzene rings is 2. The van der Waals surface area contributed by atoms with E-state index < -0.39 is 0 Å². The predicted octanol–water partition coefficient (Wildman–Crippen LogP) is 4.29. The Balaban J connectivity index is 1.71. The minimum absolute atomic E-state index is 0.0885. The number of fused-ring (bicyclic) bond motifs is 1. The molecule has 1 aliphatic carbocycles. The molecule has 0 saturated heterocycles. The molecule has 29 heavy (non-hydrogen) atoms. The zero-order chi connectivity index (χ0) is 20.7. The van der Waals surface area contributed by atoms with Gasteiger partial charge >= 0.3 is 0 Å². The van der Waals surface area contributed by atoms with Gasteiger partial charge in [-0.3, -0.25) is 9.59 Å². The van der Waals surface area contributed by atoms with Gasteiger partial charge in [0.15, 0.2) is 0 Å². The van der Waals surface area contributed by atoms with Gasteiger partial charge < -0.3 is 15.5 Å². The molecule has 4 rings (SSSR count). The van der Waals surface area contributed by atoms with Gasteiger partial charge in [-0.15, -0.1) is 0 Å². The molecule has 3 atom stereocenters. The molecule has 2 aliphatic rings. The van der Waals surface area contributed by atoms with Crippen LogP contribution in [0.25, 0.3) is 0 Å². The lowest BCUT2D eigenvalue weighted by Gasteiger charge is -2.46. The third-order valence-corrected chi connectivity index (χ3v) is 6.28. The van der Waals surface area contributed by atoms with Gasteiger partial charge in [-0.1, -0.05) is 24.6 Å². The van der Waals surface area contributed by atoms with Crippen LogP contribution in [0.15, 0.2) is 42.5 Å². The summed E-state index contributed by atoms with van der Waals surface area (Å²) in [6, 6.07) is 14.3. The number of amides is 2. The van der Waals surface area contributed by atoms with E-state index >= 15 is 0 Å². The number of nitrogens with zero attached hydrogens (tertiary/aromatic N) is 1. The highest BCUT2D eigenvalue weighted by Crippen LogP contribution is 2.50. The second-order valence-corrected chi connectivity index (χ2v) is 8.42. The number of carbonyl (C=O) groups is 2. The van der Waals surface area contributed by atoms with Crippen LogP contribution in [0.1, 0.15) is 54.2 Å². The molecule has 1 heterocycles. The van der Waals surface area contributed by atoms with Crippen molar-refractivity contribution in [2.75, 3.05) is 17.3 Å². The van der Waals surface area contributed by atoms with E-state index in [1.807, 2.05) is 29.2 Å². The van der Waals surface area contributed by atoms with Crippen LogP contribution in [0, 0.1) is 18.8 Å². The van der Waals surface area contributed by atoms with Crippen molar-refractivity contribution < 1.29 is 9.59 Å². The highest BCUT2D eigenvalue weighted by molar-refractivity contribution is 5.95. The van der Waals surface area contributed by atoms with Gasteiger partial charge in [0.25, 0.3) is 5.91 Å². The first-order valence-corrected chi connectivity index (χ1v) is 10.4. The summed E-state index contributed by atoms with van der Waals surface area (Å²) < 4.78 is 0. The van der Waals surface area contributed by atoms with E-state index in [0.717, 1.165) is 11.4 Å². The average molecular weight is 392 g/mol. The van der Waals surface area contributed by atoms with Crippen LogP contribution >= 0.6 is 0 Å². The topological polar surface area (TPSA) is 61.4 Å². The lowest BCUT2D eigenvalue weighted by Crippen LogP contribution is -2.51. The van der Waals surface area contributed by atoms with Gasteiger partial charge in [0, 0.05) is 42.9 Å². The standard InChI is InChI=1S/C24H29N3O2/c1-14-5-12-21-20(13-14)22(15(2)23(17-6-7-17)27(21)16(3)28)26-19-10-8-18(9-11-19)24(29)25-4/h5,8-13,15,17,22-23,26H,6-7H2,1-4H3,(H,25,29)/t15-,22?,23-/m1/s1. The zero-order valence-electron chi connectivity index (χ0n) is 17.5. The number of rotatable bonds is 4. The SMILES string of the molecule is CNC(=O)c1ccc(NC2c3cc(C)ccc3N(C(C)=O)[C@@H](C3CC3)[C@@H]2C)cc1. The number of hydrogen-bond donors (Lipinski definition) is 2. The van der Waals surface area contributed by atoms with Gasteiger partial charge in [-0.05, 0) is 61.6 Å². The maximum Gasteiger partial charge on any atom is 0.251 e. The molecule has 1 fully saturated rings. The number of aryl methyl sites for hydroxylation is 1. The van der Waals surface area contributed by atoms with Crippen molar-refractivity contribution in [2.24, 2.45) is 11.8 Å². The van der Waals surface area contributed by atoms with Crippen LogP contribution in [-0.4, -0.2) is 24.9 Å². The first kappa shape index (κ1) is 19.5. The van der Waals surface area contributed by atoms with E-state index in [1.54, 1.807) is 14.0 Å². The van der Waals surface area contributed by atoms with Crippen molar-refractivity contribution in [3.05, 3.63) is 59.2 Å². The van der Waals surface area contributed by atoms with Crippen molar-refractivity contribution in [3.63, 3.8) is 0 Å². The first-order chi connectivity index (χ1) is 13.9. The van der Waals surface area contributed by atoms with Crippen LogP contribution < -0.4 is 15.5 Å². The Morgan fingerprint density at radius 2 is 1.76 bits per heavy atom. The summed E-state index contributed by atoms with van der Waals surface area (Å²) in [4.78, 5) is 26.5. The number of carbonyl (C=O) groups excluding carboxylic acids is 2. The van der Waals surface area contributed by atoms with Crippen LogP contribution in [0.4, 0.5) is 11.4 Å². The molecule has 2 amide bonds. The van der Waals surface area contributed by atoms with Crippen LogP contribution in [0.5, 0.6) is 0 Å². The molecule has 152 valence electrons. The molecular formula is C24H29N3O2. The fraction of sp³-hybridized carbons (Fsp3) is 0.417. The minimum atomic E-state index is -0.0885. The lowest BCUT2D eigenvalue weighted by molar-refractivity contribution is -0.117. The van der Waals surface area contributed by atoms with Crippen molar-refractivity contribution in [1.82, 2.24) is 5.32 Å². The average Bonchev–Trinajstić information content (AvgIpc) is 3.54. The Labute approximate surface area is 172 Å². The highest BCUT2D eigenvalue weighted by Gasteiger charge is 2.47. The Morgan fingerprint density at radius 3 is 2.34 bits per heavy atom. The molecule has 2 aromatic rings. The molecule has 1 saturated carbocycles. The van der Waals surface area contributed by atoms with E-state index in [1.165, 1.54) is 24.0 Å². The first-order valence-electron chi connectivity index (χ1n) is 10.4. The highest BCUT2D eigenvalue weighted by atomic mass is 16.2. The van der Waals surface area contributed by atoms with Crippen LogP contribution in [0.2, 0.25) is 0 Å². The Kier molecular flexibility index (Phi) is 5.07. The normalized spacial score (nSPS) is 23.3. The number of nitrogens with one attached hydrogen (secondary N) is 2. The maximum absolute atomic E-state index is 12.6. The summed E-state index contributed by atoms with van der Waals surface area (Å²) in [6.45, 7) is 6.02. The third kappa shape index (κ3) is 3.61. The van der Waals surface area contributed by atoms with Crippen molar-refractivity contribution in [1.29, 1.82) is 0 Å². The molecule has 0 bridgehead atoms. The molecule has 1 aliphatic heterocycles. The molecule has 0 spiro atoms. The number of anilines is 2. The minimum Gasteiger partial charge on any atom is -0.378 e. The van der Waals surface area contributed by atoms with E-state index in [2.05, 4.69) is 42.7 Å². The Morgan fingerprint density at radius 1 is 1.07 bits per heavy atom. The molecule has 5 heteroatoms. The molecule has 5 nitrogen and oxygen atoms in total. The van der Waals surface area contributed by atoms with E-state index in [4.69, 9.17) is 0 Å². The molecule has 2 N–H and O–H groups in total. The van der Waals surface area contributed by atoms with Crippen molar-refractivity contribution >= 4 is 23.2 Å². The smallest absolute Gasteiger partial charge is 0.251 e. The summed E-state index contributed by atoms with van der Waals surface area (Å²) in [7, 11) is 1.64.